The first-order valence-corrected chi connectivity index (χ1v) is 10.1. The lowest BCUT2D eigenvalue weighted by molar-refractivity contribution is 0.367. The molecule has 1 aliphatic rings. The molecule has 0 spiro atoms. The highest BCUT2D eigenvalue weighted by Gasteiger charge is 2.12. The van der Waals surface area contributed by atoms with Gasteiger partial charge >= 0.3 is 0 Å². The summed E-state index contributed by atoms with van der Waals surface area (Å²) in [7, 11) is 0. The molecule has 1 aromatic carbocycles. The number of hydrogen-bond acceptors (Lipinski definition) is 4. The fourth-order valence-electron chi connectivity index (χ4n) is 3.92. The zero-order chi connectivity index (χ0) is 18.5. The summed E-state index contributed by atoms with van der Waals surface area (Å²) >= 11 is 0. The van der Waals surface area contributed by atoms with Gasteiger partial charge < -0.3 is 0 Å². The van der Waals surface area contributed by atoms with E-state index in [1.807, 2.05) is 10.8 Å². The third-order valence-corrected chi connectivity index (χ3v) is 5.56. The standard InChI is InChI=1S/C21H28N6/c1-17(9-10-22-12-18-5-3-2-4-6-18)14-27-21-11-20(26-15-23-24-16-26)8-7-19(21)13-25-27/h7-8,10-11,13,15-18H,2-6,9,12,14H2,1H3. The number of fused-ring (bicyclic) bond motifs is 1. The van der Waals surface area contributed by atoms with E-state index in [0.717, 1.165) is 42.0 Å². The fourth-order valence-corrected chi connectivity index (χ4v) is 3.92. The molecule has 0 bridgehead atoms. The molecule has 0 N–H and O–H groups in total. The molecule has 1 atom stereocenters. The van der Waals surface area contributed by atoms with Crippen molar-refractivity contribution in [2.45, 2.75) is 52.0 Å². The topological polar surface area (TPSA) is 60.9 Å². The minimum Gasteiger partial charge on any atom is -0.297 e. The Labute approximate surface area is 160 Å². The van der Waals surface area contributed by atoms with Crippen molar-refractivity contribution in [2.24, 2.45) is 16.8 Å². The lowest BCUT2D eigenvalue weighted by Crippen LogP contribution is -2.11. The Kier molecular flexibility index (Phi) is 5.61. The Balaban J connectivity index is 1.36. The first-order chi connectivity index (χ1) is 13.3. The van der Waals surface area contributed by atoms with Crippen molar-refractivity contribution >= 4 is 17.1 Å². The van der Waals surface area contributed by atoms with E-state index in [-0.39, 0.29) is 0 Å². The zero-order valence-corrected chi connectivity index (χ0v) is 16.0. The van der Waals surface area contributed by atoms with Gasteiger partial charge in [0.1, 0.15) is 12.7 Å². The third kappa shape index (κ3) is 4.43. The van der Waals surface area contributed by atoms with Gasteiger partial charge in [-0.1, -0.05) is 26.2 Å². The number of aromatic nitrogens is 5. The Morgan fingerprint density at radius 3 is 2.81 bits per heavy atom. The molecule has 1 saturated carbocycles. The predicted molar refractivity (Wildman–Crippen MR) is 108 cm³/mol. The maximum Gasteiger partial charge on any atom is 0.123 e. The number of rotatable bonds is 7. The second-order valence-corrected chi connectivity index (χ2v) is 7.83. The average Bonchev–Trinajstić information content (AvgIpc) is 3.36. The molecule has 1 aliphatic carbocycles. The van der Waals surface area contributed by atoms with E-state index in [1.54, 1.807) is 12.7 Å². The van der Waals surface area contributed by atoms with Crippen LogP contribution in [-0.4, -0.2) is 37.3 Å². The minimum atomic E-state index is 0.502. The predicted octanol–water partition coefficient (Wildman–Crippen LogP) is 4.29. The van der Waals surface area contributed by atoms with Crippen molar-refractivity contribution in [3.8, 4) is 5.69 Å². The Morgan fingerprint density at radius 1 is 1.19 bits per heavy atom. The first kappa shape index (κ1) is 17.9. The number of benzene rings is 1. The van der Waals surface area contributed by atoms with Gasteiger partial charge in [-0.15, -0.1) is 10.2 Å². The Morgan fingerprint density at radius 2 is 2.00 bits per heavy atom. The van der Waals surface area contributed by atoms with Gasteiger partial charge in [0.15, 0.2) is 0 Å². The average molecular weight is 364 g/mol. The second-order valence-electron chi connectivity index (χ2n) is 7.83. The van der Waals surface area contributed by atoms with E-state index < -0.39 is 0 Å². The number of aliphatic imine (C=N–C) groups is 1. The second kappa shape index (κ2) is 8.46. The number of nitrogens with zero attached hydrogens (tertiary/aromatic N) is 6. The summed E-state index contributed by atoms with van der Waals surface area (Å²) in [4.78, 5) is 4.70. The summed E-state index contributed by atoms with van der Waals surface area (Å²) in [6, 6.07) is 6.32. The smallest absolute Gasteiger partial charge is 0.123 e. The molecule has 3 aromatic rings. The van der Waals surface area contributed by atoms with Crippen molar-refractivity contribution in [3.05, 3.63) is 37.1 Å². The highest BCUT2D eigenvalue weighted by molar-refractivity contribution is 5.80. The van der Waals surface area contributed by atoms with Gasteiger partial charge in [0.2, 0.25) is 0 Å². The van der Waals surface area contributed by atoms with Crippen LogP contribution in [0.2, 0.25) is 0 Å². The lowest BCUT2D eigenvalue weighted by Gasteiger charge is -2.19. The summed E-state index contributed by atoms with van der Waals surface area (Å²) in [6.45, 7) is 4.17. The van der Waals surface area contributed by atoms with E-state index in [4.69, 9.17) is 4.99 Å². The van der Waals surface area contributed by atoms with Crippen molar-refractivity contribution in [2.75, 3.05) is 6.54 Å². The van der Waals surface area contributed by atoms with Crippen LogP contribution in [0, 0.1) is 11.8 Å². The molecule has 0 amide bonds. The van der Waals surface area contributed by atoms with Crippen LogP contribution in [0.25, 0.3) is 16.6 Å². The monoisotopic (exact) mass is 364 g/mol. The van der Waals surface area contributed by atoms with E-state index in [0.29, 0.717) is 5.92 Å². The van der Waals surface area contributed by atoms with Crippen LogP contribution in [-0.2, 0) is 6.54 Å². The summed E-state index contributed by atoms with van der Waals surface area (Å²) in [6.07, 6.45) is 15.4. The van der Waals surface area contributed by atoms with Gasteiger partial charge in [0, 0.05) is 18.5 Å². The maximum absolute atomic E-state index is 4.70. The molecule has 27 heavy (non-hydrogen) atoms. The van der Waals surface area contributed by atoms with Crippen LogP contribution in [0.4, 0.5) is 0 Å². The summed E-state index contributed by atoms with van der Waals surface area (Å²) < 4.78 is 4.01. The molecule has 6 nitrogen and oxygen atoms in total. The van der Waals surface area contributed by atoms with Crippen molar-refractivity contribution < 1.29 is 0 Å². The summed E-state index contributed by atoms with van der Waals surface area (Å²) in [5.74, 6) is 1.32. The van der Waals surface area contributed by atoms with Crippen molar-refractivity contribution in [1.29, 1.82) is 0 Å². The molecule has 6 heteroatoms. The molecule has 1 fully saturated rings. The highest BCUT2D eigenvalue weighted by Crippen LogP contribution is 2.23. The summed E-state index contributed by atoms with van der Waals surface area (Å²) in [5, 5.41) is 13.5. The van der Waals surface area contributed by atoms with Gasteiger partial charge in [-0.3, -0.25) is 14.2 Å². The van der Waals surface area contributed by atoms with Crippen LogP contribution in [0.15, 0.2) is 42.0 Å². The first-order valence-electron chi connectivity index (χ1n) is 10.1. The normalized spacial score (nSPS) is 17.1. The van der Waals surface area contributed by atoms with Crippen LogP contribution >= 0.6 is 0 Å². The van der Waals surface area contributed by atoms with Gasteiger partial charge in [0.25, 0.3) is 0 Å². The number of hydrogen-bond donors (Lipinski definition) is 0. The molecule has 142 valence electrons. The van der Waals surface area contributed by atoms with Gasteiger partial charge in [0.05, 0.1) is 17.4 Å². The molecule has 0 aliphatic heterocycles. The van der Waals surface area contributed by atoms with Crippen LogP contribution in [0.3, 0.4) is 0 Å². The van der Waals surface area contributed by atoms with E-state index in [2.05, 4.69) is 51.3 Å². The molecule has 0 saturated heterocycles. The van der Waals surface area contributed by atoms with Crippen LogP contribution in [0.1, 0.15) is 45.4 Å². The SMILES string of the molecule is CC(CC=NCC1CCCCC1)Cn1ncc2ccc(-n3cnnc3)cc21. The zero-order valence-electron chi connectivity index (χ0n) is 16.0. The largest absolute Gasteiger partial charge is 0.297 e. The Hall–Kier alpha value is -2.50. The molecular weight excluding hydrogens is 336 g/mol. The van der Waals surface area contributed by atoms with E-state index >= 15 is 0 Å². The molecular formula is C21H28N6. The van der Waals surface area contributed by atoms with Crippen molar-refractivity contribution in [1.82, 2.24) is 24.5 Å². The van der Waals surface area contributed by atoms with Gasteiger partial charge in [-0.25, -0.2) is 0 Å². The minimum absolute atomic E-state index is 0.502. The van der Waals surface area contributed by atoms with Crippen molar-refractivity contribution in [3.63, 3.8) is 0 Å². The van der Waals surface area contributed by atoms with E-state index in [1.165, 1.54) is 32.1 Å². The van der Waals surface area contributed by atoms with E-state index in [9.17, 15) is 0 Å². The quantitative estimate of drug-likeness (QED) is 0.587. The molecule has 1 unspecified atom stereocenters. The molecule has 2 aromatic heterocycles. The van der Waals surface area contributed by atoms with Gasteiger partial charge in [-0.05, 0) is 55.5 Å². The Bertz CT molecular complexity index is 873. The molecule has 4 rings (SSSR count). The molecule has 0 radical (unpaired) electrons. The molecule has 2 heterocycles. The maximum atomic E-state index is 4.70. The van der Waals surface area contributed by atoms with Crippen LogP contribution in [0.5, 0.6) is 0 Å². The van der Waals surface area contributed by atoms with Gasteiger partial charge in [-0.2, -0.15) is 5.10 Å². The van der Waals surface area contributed by atoms with Crippen LogP contribution < -0.4 is 0 Å². The highest BCUT2D eigenvalue weighted by atomic mass is 15.3. The fraction of sp³-hybridized carbons (Fsp3) is 0.524. The lowest BCUT2D eigenvalue weighted by atomic mass is 9.89. The third-order valence-electron chi connectivity index (χ3n) is 5.56. The summed E-state index contributed by atoms with van der Waals surface area (Å²) in [5.41, 5.74) is 2.20.